The molecule has 1 aliphatic heterocycles. The molecule has 2 aromatic carbocycles. The number of rotatable bonds is 9. The van der Waals surface area contributed by atoms with Gasteiger partial charge in [-0.1, -0.05) is 30.7 Å². The molecule has 6 nitrogen and oxygen atoms in total. The Kier molecular flexibility index (Phi) is 7.87. The molecule has 162 valence electrons. The van der Waals surface area contributed by atoms with Crippen molar-refractivity contribution in [2.45, 2.75) is 37.5 Å². The summed E-state index contributed by atoms with van der Waals surface area (Å²) in [5, 5.41) is 2.92. The van der Waals surface area contributed by atoms with Crippen molar-refractivity contribution in [3.05, 3.63) is 60.2 Å². The zero-order valence-electron chi connectivity index (χ0n) is 17.6. The highest BCUT2D eigenvalue weighted by molar-refractivity contribution is 7.92. The molecule has 0 aliphatic carbocycles. The van der Waals surface area contributed by atoms with Crippen LogP contribution >= 0.6 is 0 Å². The van der Waals surface area contributed by atoms with Crippen LogP contribution < -0.4 is 9.62 Å². The number of carbonyl (C=O) groups excluding carboxylic acids is 1. The fourth-order valence-electron chi connectivity index (χ4n) is 3.80. The molecule has 1 saturated heterocycles. The maximum Gasteiger partial charge on any atom is 0.264 e. The van der Waals surface area contributed by atoms with Crippen LogP contribution in [0, 0.1) is 0 Å². The van der Waals surface area contributed by atoms with E-state index in [0.717, 1.165) is 26.1 Å². The van der Waals surface area contributed by atoms with Gasteiger partial charge in [-0.05, 0) is 76.2 Å². The maximum atomic E-state index is 13.2. The molecule has 0 unspecified atom stereocenters. The van der Waals surface area contributed by atoms with Crippen molar-refractivity contribution in [1.82, 2.24) is 10.2 Å². The van der Waals surface area contributed by atoms with Gasteiger partial charge in [0.05, 0.1) is 10.6 Å². The number of benzene rings is 2. The lowest BCUT2D eigenvalue weighted by Gasteiger charge is -2.26. The van der Waals surface area contributed by atoms with E-state index in [2.05, 4.69) is 10.2 Å². The molecule has 0 aromatic heterocycles. The van der Waals surface area contributed by atoms with Gasteiger partial charge in [-0.3, -0.25) is 9.10 Å². The minimum Gasteiger partial charge on any atom is -0.352 e. The van der Waals surface area contributed by atoms with E-state index in [0.29, 0.717) is 24.3 Å². The highest BCUT2D eigenvalue weighted by Gasteiger charge is 2.24. The summed E-state index contributed by atoms with van der Waals surface area (Å²) in [6.07, 6.45) is 4.71. The van der Waals surface area contributed by atoms with Gasteiger partial charge in [0.25, 0.3) is 15.9 Å². The van der Waals surface area contributed by atoms with Crippen LogP contribution in [0.25, 0.3) is 0 Å². The van der Waals surface area contributed by atoms with E-state index < -0.39 is 10.0 Å². The standard InChI is InChI=1S/C23H31N3O3S/c1-2-26(21-12-5-3-6-13-21)30(28,29)22-14-9-11-20(19-22)23(27)24-15-10-18-25-16-7-4-8-17-25/h3,5-6,9,11-14,19H,2,4,7-8,10,15-18H2,1H3,(H,24,27). The molecular formula is C23H31N3O3S. The molecule has 0 saturated carbocycles. The van der Waals surface area contributed by atoms with E-state index in [1.807, 2.05) is 6.07 Å². The summed E-state index contributed by atoms with van der Waals surface area (Å²) < 4.78 is 27.7. The lowest BCUT2D eigenvalue weighted by Crippen LogP contribution is -2.33. The van der Waals surface area contributed by atoms with E-state index in [-0.39, 0.29) is 10.8 Å². The number of nitrogens with zero attached hydrogens (tertiary/aromatic N) is 2. The van der Waals surface area contributed by atoms with E-state index in [9.17, 15) is 13.2 Å². The van der Waals surface area contributed by atoms with Gasteiger partial charge in [-0.2, -0.15) is 0 Å². The molecule has 1 heterocycles. The molecule has 0 bridgehead atoms. The van der Waals surface area contributed by atoms with Gasteiger partial charge in [-0.25, -0.2) is 8.42 Å². The molecule has 0 radical (unpaired) electrons. The van der Waals surface area contributed by atoms with Crippen LogP contribution in [0.1, 0.15) is 43.0 Å². The molecule has 1 amide bonds. The van der Waals surface area contributed by atoms with Crippen LogP contribution in [-0.4, -0.2) is 51.9 Å². The largest absolute Gasteiger partial charge is 0.352 e. The average Bonchev–Trinajstić information content (AvgIpc) is 2.78. The Hall–Kier alpha value is -2.38. The van der Waals surface area contributed by atoms with Crippen LogP contribution in [0.5, 0.6) is 0 Å². The molecular weight excluding hydrogens is 398 g/mol. The van der Waals surface area contributed by atoms with Crippen LogP contribution in [0.2, 0.25) is 0 Å². The first-order valence-corrected chi connectivity index (χ1v) is 12.1. The highest BCUT2D eigenvalue weighted by Crippen LogP contribution is 2.23. The number of sulfonamides is 1. The molecule has 0 atom stereocenters. The second-order valence-corrected chi connectivity index (χ2v) is 9.41. The Bertz CT molecular complexity index is 926. The molecule has 1 aliphatic rings. The third-order valence-electron chi connectivity index (χ3n) is 5.40. The number of anilines is 1. The monoisotopic (exact) mass is 429 g/mol. The smallest absolute Gasteiger partial charge is 0.264 e. The van der Waals surface area contributed by atoms with E-state index in [1.165, 1.54) is 35.7 Å². The number of amides is 1. The second kappa shape index (κ2) is 10.6. The number of para-hydroxylation sites is 1. The number of hydrogen-bond donors (Lipinski definition) is 1. The van der Waals surface area contributed by atoms with E-state index in [1.54, 1.807) is 43.3 Å². The van der Waals surface area contributed by atoms with E-state index >= 15 is 0 Å². The van der Waals surface area contributed by atoms with Crippen LogP contribution in [0.3, 0.4) is 0 Å². The maximum absolute atomic E-state index is 13.2. The molecule has 30 heavy (non-hydrogen) atoms. The lowest BCUT2D eigenvalue weighted by atomic mass is 10.1. The van der Waals surface area contributed by atoms with Gasteiger partial charge in [0, 0.05) is 18.7 Å². The van der Waals surface area contributed by atoms with Crippen molar-refractivity contribution in [3.8, 4) is 0 Å². The summed E-state index contributed by atoms with van der Waals surface area (Å²) in [6.45, 7) is 5.95. The highest BCUT2D eigenvalue weighted by atomic mass is 32.2. The summed E-state index contributed by atoms with van der Waals surface area (Å²) in [6, 6.07) is 15.3. The third kappa shape index (κ3) is 5.61. The third-order valence-corrected chi connectivity index (χ3v) is 7.30. The predicted molar refractivity (Wildman–Crippen MR) is 120 cm³/mol. The Morgan fingerprint density at radius 1 is 1.03 bits per heavy atom. The van der Waals surface area contributed by atoms with Crippen molar-refractivity contribution in [3.63, 3.8) is 0 Å². The fourth-order valence-corrected chi connectivity index (χ4v) is 5.32. The van der Waals surface area contributed by atoms with Crippen LogP contribution in [0.4, 0.5) is 5.69 Å². The van der Waals surface area contributed by atoms with Crippen molar-refractivity contribution >= 4 is 21.6 Å². The predicted octanol–water partition coefficient (Wildman–Crippen LogP) is 3.51. The summed E-state index contributed by atoms with van der Waals surface area (Å²) in [5.74, 6) is -0.242. The molecule has 1 fully saturated rings. The topological polar surface area (TPSA) is 69.7 Å². The molecule has 0 spiro atoms. The normalized spacial score (nSPS) is 15.0. The molecule has 3 rings (SSSR count). The van der Waals surface area contributed by atoms with Gasteiger partial charge in [0.15, 0.2) is 0 Å². The Morgan fingerprint density at radius 2 is 1.77 bits per heavy atom. The van der Waals surface area contributed by atoms with Crippen molar-refractivity contribution in [2.24, 2.45) is 0 Å². The Morgan fingerprint density at radius 3 is 2.47 bits per heavy atom. The minimum atomic E-state index is -3.75. The lowest BCUT2D eigenvalue weighted by molar-refractivity contribution is 0.0951. The Balaban J connectivity index is 1.63. The van der Waals surface area contributed by atoms with Crippen LogP contribution in [-0.2, 0) is 10.0 Å². The summed E-state index contributed by atoms with van der Waals surface area (Å²) in [7, 11) is -3.75. The van der Waals surface area contributed by atoms with Gasteiger partial charge >= 0.3 is 0 Å². The second-order valence-electron chi connectivity index (χ2n) is 7.54. The Labute approximate surface area is 179 Å². The minimum absolute atomic E-state index is 0.120. The van der Waals surface area contributed by atoms with Gasteiger partial charge in [-0.15, -0.1) is 0 Å². The zero-order valence-corrected chi connectivity index (χ0v) is 18.4. The van der Waals surface area contributed by atoms with Gasteiger partial charge in [0.2, 0.25) is 0 Å². The SMILES string of the molecule is CCN(c1ccccc1)S(=O)(=O)c1cccc(C(=O)NCCCN2CCCCC2)c1. The molecule has 1 N–H and O–H groups in total. The summed E-state index contributed by atoms with van der Waals surface area (Å²) in [5.41, 5.74) is 0.964. The first-order chi connectivity index (χ1) is 14.5. The van der Waals surface area contributed by atoms with Gasteiger partial charge < -0.3 is 10.2 Å². The van der Waals surface area contributed by atoms with Gasteiger partial charge in [0.1, 0.15) is 0 Å². The fraction of sp³-hybridized carbons (Fsp3) is 0.435. The number of nitrogens with one attached hydrogen (secondary N) is 1. The van der Waals surface area contributed by atoms with Crippen molar-refractivity contribution < 1.29 is 13.2 Å². The molecule has 7 heteroatoms. The van der Waals surface area contributed by atoms with Crippen molar-refractivity contribution in [1.29, 1.82) is 0 Å². The quantitative estimate of drug-likeness (QED) is 0.620. The number of carbonyl (C=O) groups is 1. The van der Waals surface area contributed by atoms with Crippen LogP contribution in [0.15, 0.2) is 59.5 Å². The molecule has 2 aromatic rings. The summed E-state index contributed by atoms with van der Waals surface area (Å²) in [4.78, 5) is 15.1. The number of likely N-dealkylation sites (tertiary alicyclic amines) is 1. The van der Waals surface area contributed by atoms with E-state index in [4.69, 9.17) is 0 Å². The summed E-state index contributed by atoms with van der Waals surface area (Å²) >= 11 is 0. The van der Waals surface area contributed by atoms with Crippen molar-refractivity contribution in [2.75, 3.05) is 37.0 Å². The average molecular weight is 430 g/mol. The first-order valence-electron chi connectivity index (χ1n) is 10.7. The number of hydrogen-bond acceptors (Lipinski definition) is 4. The number of piperidine rings is 1. The first kappa shape index (κ1) is 22.3. The zero-order chi connectivity index (χ0) is 21.4.